The van der Waals surface area contributed by atoms with E-state index in [1.165, 1.54) is 19.2 Å². The highest BCUT2D eigenvalue weighted by Gasteiger charge is 2.31. The van der Waals surface area contributed by atoms with E-state index < -0.39 is 15.6 Å². The van der Waals surface area contributed by atoms with Gasteiger partial charge in [-0.2, -0.15) is 0 Å². The van der Waals surface area contributed by atoms with Crippen molar-refractivity contribution in [2.75, 3.05) is 20.2 Å². The van der Waals surface area contributed by atoms with Crippen LogP contribution in [0.15, 0.2) is 23.1 Å². The minimum Gasteiger partial charge on any atom is -0.495 e. The zero-order valence-electron chi connectivity index (χ0n) is 18.4. The molecule has 2 fully saturated rings. The molecule has 1 heterocycles. The molecule has 2 amide bonds. The van der Waals surface area contributed by atoms with Crippen molar-refractivity contribution in [2.45, 2.75) is 69.0 Å². The van der Waals surface area contributed by atoms with Gasteiger partial charge in [0.05, 0.1) is 7.11 Å². The van der Waals surface area contributed by atoms with Crippen LogP contribution in [0.3, 0.4) is 0 Å². The minimum atomic E-state index is -3.77. The second-order valence-electron chi connectivity index (χ2n) is 8.98. The zero-order valence-corrected chi connectivity index (χ0v) is 19.3. The van der Waals surface area contributed by atoms with Gasteiger partial charge in [-0.1, -0.05) is 0 Å². The van der Waals surface area contributed by atoms with Gasteiger partial charge < -0.3 is 19.7 Å². The van der Waals surface area contributed by atoms with Crippen LogP contribution in [0, 0.1) is 0 Å². The van der Waals surface area contributed by atoms with Crippen LogP contribution in [0.2, 0.25) is 0 Å². The van der Waals surface area contributed by atoms with E-state index >= 15 is 0 Å². The van der Waals surface area contributed by atoms with Crippen LogP contribution < -0.4 is 14.8 Å². The molecule has 31 heavy (non-hydrogen) atoms. The molecule has 0 bridgehead atoms. The van der Waals surface area contributed by atoms with Crippen LogP contribution in [0.25, 0.3) is 0 Å². The molecule has 172 valence electrons. The maximum atomic E-state index is 12.8. The van der Waals surface area contributed by atoms with Crippen LogP contribution in [-0.2, 0) is 14.8 Å². The van der Waals surface area contributed by atoms with Gasteiger partial charge >= 0.3 is 6.09 Å². The molecule has 10 heteroatoms. The van der Waals surface area contributed by atoms with E-state index in [1.54, 1.807) is 11.0 Å². The summed E-state index contributed by atoms with van der Waals surface area (Å²) in [5, 5.41) is 2.94. The molecule has 1 aromatic carbocycles. The Bertz CT molecular complexity index is 929. The number of likely N-dealkylation sites (tertiary alicyclic amines) is 1. The van der Waals surface area contributed by atoms with Crippen LogP contribution >= 0.6 is 0 Å². The molecular formula is C21H31N3O6S. The standard InChI is InChI=1S/C21H31N3O6S/c1-21(2,3)30-20(26)24-11-9-15(10-12-24)22-19(25)14-5-8-17(29-4)18(13-14)31(27,28)23-16-6-7-16/h5,8,13,15-16,23H,6-7,9-12H2,1-4H3,(H,22,25). The number of rotatable bonds is 6. The maximum Gasteiger partial charge on any atom is 0.410 e. The third-order valence-electron chi connectivity index (χ3n) is 5.10. The van der Waals surface area contributed by atoms with Crippen LogP contribution in [0.5, 0.6) is 5.75 Å². The van der Waals surface area contributed by atoms with E-state index in [9.17, 15) is 18.0 Å². The maximum absolute atomic E-state index is 12.8. The third kappa shape index (κ3) is 6.33. The van der Waals surface area contributed by atoms with Gasteiger partial charge in [0, 0.05) is 30.7 Å². The molecule has 0 unspecified atom stereocenters. The Kier molecular flexibility index (Phi) is 6.80. The first-order valence-electron chi connectivity index (χ1n) is 10.5. The van der Waals surface area contributed by atoms with Gasteiger partial charge in [-0.15, -0.1) is 0 Å². The van der Waals surface area contributed by atoms with E-state index in [0.29, 0.717) is 25.9 Å². The summed E-state index contributed by atoms with van der Waals surface area (Å²) in [5.74, 6) is -0.170. The Morgan fingerprint density at radius 3 is 2.26 bits per heavy atom. The minimum absolute atomic E-state index is 0.0469. The molecule has 0 radical (unpaired) electrons. The fraction of sp³-hybridized carbons (Fsp3) is 0.619. The predicted molar refractivity (Wildman–Crippen MR) is 115 cm³/mol. The van der Waals surface area contributed by atoms with Gasteiger partial charge in [0.1, 0.15) is 16.2 Å². The fourth-order valence-corrected chi connectivity index (χ4v) is 4.81. The molecule has 1 saturated heterocycles. The average molecular weight is 454 g/mol. The van der Waals surface area contributed by atoms with Gasteiger partial charge in [0.15, 0.2) is 0 Å². The molecule has 1 aromatic rings. The monoisotopic (exact) mass is 453 g/mol. The van der Waals surface area contributed by atoms with E-state index in [-0.39, 0.29) is 40.3 Å². The molecule has 2 N–H and O–H groups in total. The van der Waals surface area contributed by atoms with Crippen molar-refractivity contribution in [2.24, 2.45) is 0 Å². The quantitative estimate of drug-likeness (QED) is 0.683. The molecule has 1 aliphatic heterocycles. The number of hydrogen-bond acceptors (Lipinski definition) is 6. The van der Waals surface area contributed by atoms with Crippen LogP contribution in [0.4, 0.5) is 4.79 Å². The lowest BCUT2D eigenvalue weighted by atomic mass is 10.0. The number of piperidine rings is 1. The summed E-state index contributed by atoms with van der Waals surface area (Å²) >= 11 is 0. The lowest BCUT2D eigenvalue weighted by Crippen LogP contribution is -2.47. The summed E-state index contributed by atoms with van der Waals surface area (Å²) in [6.07, 6.45) is 2.45. The van der Waals surface area contributed by atoms with Gasteiger partial charge in [0.25, 0.3) is 5.91 Å². The Hall–Kier alpha value is -2.33. The first-order chi connectivity index (χ1) is 14.5. The van der Waals surface area contributed by atoms with Gasteiger partial charge in [-0.05, 0) is 64.7 Å². The fourth-order valence-electron chi connectivity index (χ4n) is 3.31. The highest BCUT2D eigenvalue weighted by molar-refractivity contribution is 7.89. The summed E-state index contributed by atoms with van der Waals surface area (Å²) in [5.41, 5.74) is -0.310. The number of sulfonamides is 1. The molecule has 1 aliphatic carbocycles. The van der Waals surface area contributed by atoms with Crippen LogP contribution in [0.1, 0.15) is 56.8 Å². The number of hydrogen-bond donors (Lipinski definition) is 2. The van der Waals surface area contributed by atoms with Crippen molar-refractivity contribution >= 4 is 22.0 Å². The first kappa shape index (κ1) is 23.3. The number of ether oxygens (including phenoxy) is 2. The number of nitrogens with one attached hydrogen (secondary N) is 2. The molecule has 0 spiro atoms. The van der Waals surface area contributed by atoms with Gasteiger partial charge in [-0.25, -0.2) is 17.9 Å². The van der Waals surface area contributed by atoms with Crippen molar-refractivity contribution in [1.82, 2.24) is 14.9 Å². The molecular weight excluding hydrogens is 422 g/mol. The number of carbonyl (C=O) groups is 2. The molecule has 1 saturated carbocycles. The van der Waals surface area contributed by atoms with E-state index in [0.717, 1.165) is 12.8 Å². The second-order valence-corrected chi connectivity index (χ2v) is 10.7. The van der Waals surface area contributed by atoms with Gasteiger partial charge in [0.2, 0.25) is 10.0 Å². The molecule has 0 atom stereocenters. The number of nitrogens with zero attached hydrogens (tertiary/aromatic N) is 1. The topological polar surface area (TPSA) is 114 Å². The zero-order chi connectivity index (χ0) is 22.8. The summed E-state index contributed by atoms with van der Waals surface area (Å²) < 4.78 is 38.5. The Balaban J connectivity index is 1.62. The smallest absolute Gasteiger partial charge is 0.410 e. The Labute approximate surface area is 183 Å². The van der Waals surface area contributed by atoms with Crippen molar-refractivity contribution in [3.63, 3.8) is 0 Å². The summed E-state index contributed by atoms with van der Waals surface area (Å²) in [4.78, 5) is 26.5. The number of benzene rings is 1. The number of carbonyl (C=O) groups excluding carboxylic acids is 2. The first-order valence-corrected chi connectivity index (χ1v) is 12.0. The Morgan fingerprint density at radius 1 is 1.06 bits per heavy atom. The van der Waals surface area contributed by atoms with E-state index in [1.807, 2.05) is 20.8 Å². The largest absolute Gasteiger partial charge is 0.495 e. The summed E-state index contributed by atoms with van der Waals surface area (Å²) in [6, 6.07) is 4.20. The van der Waals surface area contributed by atoms with Crippen LogP contribution in [-0.4, -0.2) is 63.2 Å². The highest BCUT2D eigenvalue weighted by Crippen LogP contribution is 2.28. The highest BCUT2D eigenvalue weighted by atomic mass is 32.2. The van der Waals surface area contributed by atoms with Crippen molar-refractivity contribution in [3.05, 3.63) is 23.8 Å². The van der Waals surface area contributed by atoms with Crippen molar-refractivity contribution < 1.29 is 27.5 Å². The normalized spacial score (nSPS) is 17.9. The number of methoxy groups -OCH3 is 1. The lowest BCUT2D eigenvalue weighted by molar-refractivity contribution is 0.0199. The Morgan fingerprint density at radius 2 is 1.71 bits per heavy atom. The van der Waals surface area contributed by atoms with E-state index in [2.05, 4.69) is 10.0 Å². The molecule has 9 nitrogen and oxygen atoms in total. The summed E-state index contributed by atoms with van der Waals surface area (Å²) in [6.45, 7) is 6.42. The third-order valence-corrected chi connectivity index (χ3v) is 6.64. The summed E-state index contributed by atoms with van der Waals surface area (Å²) in [7, 11) is -2.38. The number of amides is 2. The van der Waals surface area contributed by atoms with Crippen molar-refractivity contribution in [1.29, 1.82) is 0 Å². The predicted octanol–water partition coefficient (Wildman–Crippen LogP) is 2.27. The average Bonchev–Trinajstić information content (AvgIpc) is 3.50. The second kappa shape index (κ2) is 9.04. The molecule has 2 aliphatic rings. The van der Waals surface area contributed by atoms with E-state index in [4.69, 9.17) is 9.47 Å². The molecule has 3 rings (SSSR count). The SMILES string of the molecule is COc1ccc(C(=O)NC2CCN(C(=O)OC(C)(C)C)CC2)cc1S(=O)(=O)NC1CC1. The van der Waals surface area contributed by atoms with Crippen molar-refractivity contribution in [3.8, 4) is 5.75 Å². The van der Waals surface area contributed by atoms with Gasteiger partial charge in [-0.3, -0.25) is 4.79 Å². The lowest BCUT2D eigenvalue weighted by Gasteiger charge is -2.33. The molecule has 0 aromatic heterocycles.